The van der Waals surface area contributed by atoms with Crippen LogP contribution in [0.25, 0.3) is 5.69 Å². The Hall–Kier alpha value is -4.06. The van der Waals surface area contributed by atoms with Gasteiger partial charge in [-0.3, -0.25) is 9.69 Å². The van der Waals surface area contributed by atoms with Crippen LogP contribution in [0.1, 0.15) is 57.3 Å². The van der Waals surface area contributed by atoms with E-state index in [9.17, 15) is 18.0 Å². The molecule has 1 aromatic heterocycles. The van der Waals surface area contributed by atoms with Gasteiger partial charge in [0.2, 0.25) is 0 Å². The Morgan fingerprint density at radius 3 is 2.32 bits per heavy atom. The van der Waals surface area contributed by atoms with Gasteiger partial charge in [-0.05, 0) is 66.4 Å². The Morgan fingerprint density at radius 1 is 1.00 bits per heavy atom. The second-order valence-corrected chi connectivity index (χ2v) is 10.1. The van der Waals surface area contributed by atoms with Gasteiger partial charge >= 0.3 is 6.18 Å². The van der Waals surface area contributed by atoms with E-state index in [4.69, 9.17) is 11.5 Å². The van der Waals surface area contributed by atoms with E-state index in [0.29, 0.717) is 29.8 Å². The molecule has 214 valence electrons. The normalized spacial score (nSPS) is 14.3. The quantitative estimate of drug-likeness (QED) is 0.236. The molecule has 0 radical (unpaired) electrons. The highest BCUT2D eigenvalue weighted by molar-refractivity contribution is 6.03. The minimum Gasteiger partial charge on any atom is -0.326 e. The summed E-state index contributed by atoms with van der Waals surface area (Å²) in [6, 6.07) is 19.3. The van der Waals surface area contributed by atoms with Crippen molar-refractivity contribution in [1.82, 2.24) is 14.7 Å². The molecule has 4 aromatic rings. The van der Waals surface area contributed by atoms with Gasteiger partial charge in [-0.25, -0.2) is 9.07 Å². The highest BCUT2D eigenvalue weighted by atomic mass is 19.4. The fourth-order valence-corrected chi connectivity index (χ4v) is 4.93. The van der Waals surface area contributed by atoms with Gasteiger partial charge in [-0.15, -0.1) is 0 Å². The molecule has 5 rings (SSSR count). The summed E-state index contributed by atoms with van der Waals surface area (Å²) in [7, 11) is 1.99. The van der Waals surface area contributed by atoms with E-state index in [1.54, 1.807) is 24.3 Å². The van der Waals surface area contributed by atoms with Gasteiger partial charge in [0.05, 0.1) is 17.4 Å². The summed E-state index contributed by atoms with van der Waals surface area (Å²) in [5.41, 5.74) is 13.2. The number of aromatic nitrogens is 2. The molecule has 1 fully saturated rings. The number of rotatable bonds is 9. The summed E-state index contributed by atoms with van der Waals surface area (Å²) in [5, 5.41) is 6.12. The first kappa shape index (κ1) is 28.5. The molecule has 7 nitrogen and oxygen atoms in total. The average molecular weight is 567 g/mol. The van der Waals surface area contributed by atoms with Gasteiger partial charge in [0.15, 0.2) is 5.69 Å². The first-order valence-electron chi connectivity index (χ1n) is 13.2. The van der Waals surface area contributed by atoms with E-state index in [0.717, 1.165) is 28.7 Å². The molecule has 1 aliphatic rings. The number of hydrogen-bond donors (Lipinski definition) is 3. The lowest BCUT2D eigenvalue weighted by Gasteiger charge is -2.30. The fraction of sp³-hybridized carbons (Fsp3) is 0.267. The topological polar surface area (TPSA) is 102 Å². The van der Waals surface area contributed by atoms with Crippen LogP contribution in [0.5, 0.6) is 0 Å². The monoisotopic (exact) mass is 566 g/mol. The third kappa shape index (κ3) is 6.17. The summed E-state index contributed by atoms with van der Waals surface area (Å²) < 4.78 is 56.7. The predicted octanol–water partition coefficient (Wildman–Crippen LogP) is 5.38. The molecule has 41 heavy (non-hydrogen) atoms. The number of nitrogens with zero attached hydrogens (tertiary/aromatic N) is 3. The number of nitrogens with two attached hydrogens (primary N) is 2. The van der Waals surface area contributed by atoms with Crippen molar-refractivity contribution < 1.29 is 22.4 Å². The molecule has 0 spiro atoms. The Morgan fingerprint density at radius 2 is 1.66 bits per heavy atom. The van der Waals surface area contributed by atoms with Crippen LogP contribution in [0.4, 0.5) is 23.2 Å². The van der Waals surface area contributed by atoms with Crippen molar-refractivity contribution in [3.8, 4) is 5.69 Å². The minimum absolute atomic E-state index is 0.144. The van der Waals surface area contributed by atoms with Gasteiger partial charge in [-0.2, -0.15) is 18.3 Å². The number of hydrogen-bond acceptors (Lipinski definition) is 5. The van der Waals surface area contributed by atoms with Crippen molar-refractivity contribution in [3.05, 3.63) is 112 Å². The molecule has 1 heterocycles. The van der Waals surface area contributed by atoms with Crippen molar-refractivity contribution in [3.63, 3.8) is 0 Å². The maximum absolute atomic E-state index is 15.1. The van der Waals surface area contributed by atoms with Gasteiger partial charge in [0, 0.05) is 25.2 Å². The number of nitrogens with one attached hydrogen (secondary N) is 1. The third-order valence-electron chi connectivity index (χ3n) is 7.21. The molecule has 1 amide bonds. The summed E-state index contributed by atoms with van der Waals surface area (Å²) in [4.78, 5) is 15.6. The van der Waals surface area contributed by atoms with Crippen molar-refractivity contribution in [2.24, 2.45) is 11.5 Å². The van der Waals surface area contributed by atoms with E-state index < -0.39 is 29.3 Å². The summed E-state index contributed by atoms with van der Waals surface area (Å²) in [6.07, 6.45) is -2.73. The van der Waals surface area contributed by atoms with Crippen LogP contribution in [0.3, 0.4) is 0 Å². The highest BCUT2D eigenvalue weighted by Gasteiger charge is 2.37. The van der Waals surface area contributed by atoms with Gasteiger partial charge in [-0.1, -0.05) is 42.5 Å². The van der Waals surface area contributed by atoms with E-state index in [1.807, 2.05) is 31.3 Å². The molecule has 3 aromatic carbocycles. The Balaban J connectivity index is 1.52. The lowest BCUT2D eigenvalue weighted by molar-refractivity contribution is -0.141. The molecule has 0 aliphatic heterocycles. The smallest absolute Gasteiger partial charge is 0.326 e. The van der Waals surface area contributed by atoms with Crippen LogP contribution in [0, 0.1) is 5.82 Å². The molecular formula is C30H30F4N6O. The average Bonchev–Trinajstić information content (AvgIpc) is 3.71. The van der Waals surface area contributed by atoms with Crippen LogP contribution in [0.15, 0.2) is 72.8 Å². The van der Waals surface area contributed by atoms with Gasteiger partial charge < -0.3 is 16.8 Å². The van der Waals surface area contributed by atoms with Crippen LogP contribution in [0.2, 0.25) is 0 Å². The van der Waals surface area contributed by atoms with Crippen LogP contribution >= 0.6 is 0 Å². The number of carbonyl (C=O) groups excluding carboxylic acids is 1. The molecule has 0 saturated heterocycles. The minimum atomic E-state index is -4.80. The van der Waals surface area contributed by atoms with Crippen LogP contribution < -0.4 is 16.8 Å². The number of amides is 1. The third-order valence-corrected chi connectivity index (χ3v) is 7.21. The van der Waals surface area contributed by atoms with Crippen molar-refractivity contribution in [1.29, 1.82) is 0 Å². The zero-order valence-electron chi connectivity index (χ0n) is 22.3. The number of alkyl halides is 3. The van der Waals surface area contributed by atoms with E-state index >= 15 is 4.39 Å². The standard InChI is InChI=1S/C30H30F4N6O/c1-39(22-9-10-22)28(20-6-2-4-18(12-20)16-35)21-8-11-24(31)25(14-21)37-29(41)26-15-27(30(32,33)34)38-40(26)23-7-3-5-19(13-23)17-36/h2-8,11-15,22,28H,9-10,16-17,35-36H2,1H3,(H,37,41). The van der Waals surface area contributed by atoms with Crippen molar-refractivity contribution in [2.45, 2.75) is 44.2 Å². The van der Waals surface area contributed by atoms with Gasteiger partial charge in [0.1, 0.15) is 11.5 Å². The number of carbonyl (C=O) groups is 1. The summed E-state index contributed by atoms with van der Waals surface area (Å²) >= 11 is 0. The zero-order chi connectivity index (χ0) is 29.3. The molecule has 11 heteroatoms. The zero-order valence-corrected chi connectivity index (χ0v) is 22.3. The molecular weight excluding hydrogens is 536 g/mol. The molecule has 0 bridgehead atoms. The second kappa shape index (κ2) is 11.4. The molecule has 5 N–H and O–H groups in total. The number of benzene rings is 3. The largest absolute Gasteiger partial charge is 0.435 e. The molecule has 1 saturated carbocycles. The molecule has 1 unspecified atom stereocenters. The summed E-state index contributed by atoms with van der Waals surface area (Å²) in [6.45, 7) is 0.506. The fourth-order valence-electron chi connectivity index (χ4n) is 4.93. The first-order valence-corrected chi connectivity index (χ1v) is 13.2. The van der Waals surface area contributed by atoms with Gasteiger partial charge in [0.25, 0.3) is 5.91 Å². The predicted molar refractivity (Wildman–Crippen MR) is 148 cm³/mol. The molecule has 1 aliphatic carbocycles. The van der Waals surface area contributed by atoms with Crippen LogP contribution in [-0.2, 0) is 19.3 Å². The number of anilines is 1. The SMILES string of the molecule is CN(C1CC1)C(c1cccc(CN)c1)c1ccc(F)c(NC(=O)c2cc(C(F)(F)F)nn2-c2cccc(CN)c2)c1. The molecule has 1 atom stereocenters. The lowest BCUT2D eigenvalue weighted by atomic mass is 9.95. The van der Waals surface area contributed by atoms with E-state index in [2.05, 4.69) is 15.3 Å². The summed E-state index contributed by atoms with van der Waals surface area (Å²) in [5.74, 6) is -1.67. The number of halogens is 4. The maximum atomic E-state index is 15.1. The Bertz CT molecular complexity index is 1560. The first-order chi connectivity index (χ1) is 19.6. The Kier molecular flexibility index (Phi) is 7.94. The van der Waals surface area contributed by atoms with Crippen LogP contribution in [-0.4, -0.2) is 33.7 Å². The second-order valence-electron chi connectivity index (χ2n) is 10.1. The lowest BCUT2D eigenvalue weighted by Crippen LogP contribution is -2.28. The Labute approximate surface area is 234 Å². The van der Waals surface area contributed by atoms with Crippen molar-refractivity contribution >= 4 is 11.6 Å². The van der Waals surface area contributed by atoms with E-state index in [-0.39, 0.29) is 24.0 Å². The highest BCUT2D eigenvalue weighted by Crippen LogP contribution is 2.38. The van der Waals surface area contributed by atoms with E-state index in [1.165, 1.54) is 18.2 Å². The maximum Gasteiger partial charge on any atom is 0.435 e. The van der Waals surface area contributed by atoms with Crippen molar-refractivity contribution in [2.75, 3.05) is 12.4 Å².